The van der Waals surface area contributed by atoms with Crippen LogP contribution in [0.1, 0.15) is 203 Å². The molecule has 15 saturated heterocycles. The van der Waals surface area contributed by atoms with Crippen molar-refractivity contribution in [2.45, 2.75) is 178 Å². The number of rotatable bonds is 15. The molecule has 5 atom stereocenters. The molecule has 0 amide bonds. The van der Waals surface area contributed by atoms with Crippen LogP contribution >= 0.6 is 0 Å². The molecule has 16 aliphatic heterocycles. The van der Waals surface area contributed by atoms with E-state index in [-0.39, 0.29) is 5.92 Å². The van der Waals surface area contributed by atoms with E-state index >= 15 is 0 Å². The van der Waals surface area contributed by atoms with Crippen LogP contribution in [0.2, 0.25) is 0 Å². The molecule has 135 heavy (non-hydrogen) atoms. The molecule has 0 radical (unpaired) electrons. The lowest BCUT2D eigenvalue weighted by Crippen LogP contribution is -2.58. The molecule has 4 aromatic carbocycles. The number of ether oxygens (including phenoxy) is 1. The maximum atomic E-state index is 11.2. The summed E-state index contributed by atoms with van der Waals surface area (Å²) in [5.74, 6) is 34.0. The molecule has 5 N–H and O–H groups in total. The predicted molar refractivity (Wildman–Crippen MR) is 537 cm³/mol. The Bertz CT molecular complexity index is 6100. The topological polar surface area (TPSA) is 204 Å². The quantitative estimate of drug-likeness (QED) is 0.0606. The lowest BCUT2D eigenvalue weighted by Gasteiger charge is -2.47. The van der Waals surface area contributed by atoms with E-state index in [0.717, 1.165) is 284 Å². The second-order valence-corrected chi connectivity index (χ2v) is 39.1. The van der Waals surface area contributed by atoms with Crippen molar-refractivity contribution in [3.63, 3.8) is 0 Å². The van der Waals surface area contributed by atoms with E-state index in [0.29, 0.717) is 63.0 Å². The number of nitrogens with zero attached hydrogens (tertiary/aromatic N) is 11. The number of aromatic nitrogens is 6. The predicted octanol–water partition coefficient (Wildman–Crippen LogP) is 15.6. The van der Waals surface area contributed by atoms with Crippen LogP contribution in [0.25, 0.3) is 17.7 Å². The molecule has 0 spiro atoms. The first kappa shape index (κ1) is 95.3. The Morgan fingerprint density at radius 1 is 0.356 bits per heavy atom. The molecular formula is C118H131N11O6. The zero-order valence-corrected chi connectivity index (χ0v) is 79.3. The fraction of sp³-hybridized carbons (Fsp3) is 0.424. The maximum Gasteiger partial charge on any atom is 0.141 e. The van der Waals surface area contributed by atoms with E-state index in [2.05, 4.69) is 233 Å². The fourth-order valence-corrected chi connectivity index (χ4v) is 21.3. The molecule has 22 heterocycles. The Kier molecular flexibility index (Phi) is 31.5. The molecular weight excluding hydrogens is 1670 g/mol. The lowest BCUT2D eigenvalue weighted by molar-refractivity contribution is -0.0714. The van der Waals surface area contributed by atoms with Crippen LogP contribution in [-0.2, 0) is 43.3 Å². The maximum absolute atomic E-state index is 11.2. The molecule has 10 aromatic rings. The first-order valence-corrected chi connectivity index (χ1v) is 49.5. The number of aryl methyl sites for hydroxylation is 6. The highest BCUT2D eigenvalue weighted by Crippen LogP contribution is 2.41. The van der Waals surface area contributed by atoms with Crippen molar-refractivity contribution < 1.29 is 30.3 Å². The van der Waals surface area contributed by atoms with E-state index in [9.17, 15) is 25.5 Å². The highest BCUT2D eigenvalue weighted by atomic mass is 16.5. The molecule has 5 unspecified atom stereocenters. The number of aliphatic hydroxyl groups is 5. The Hall–Kier alpha value is -11.4. The number of piperidine rings is 15. The number of hydrogen-bond donors (Lipinski definition) is 5. The van der Waals surface area contributed by atoms with Crippen LogP contribution in [0.3, 0.4) is 0 Å². The van der Waals surface area contributed by atoms with Crippen molar-refractivity contribution in [3.8, 4) is 59.2 Å². The van der Waals surface area contributed by atoms with Crippen molar-refractivity contribution in [3.05, 3.63) is 325 Å². The third-order valence-electron chi connectivity index (χ3n) is 29.4. The highest BCUT2D eigenvalue weighted by molar-refractivity contribution is 5.71. The van der Waals surface area contributed by atoms with Gasteiger partial charge in [0.1, 0.15) is 28.0 Å². The van der Waals surface area contributed by atoms with Gasteiger partial charge in [-0.25, -0.2) is 0 Å². The van der Waals surface area contributed by atoms with Gasteiger partial charge in [0.15, 0.2) is 0 Å². The third kappa shape index (κ3) is 25.1. The van der Waals surface area contributed by atoms with Gasteiger partial charge in [0, 0.05) is 139 Å². The molecule has 17 nitrogen and oxygen atoms in total. The van der Waals surface area contributed by atoms with Gasteiger partial charge in [-0.05, 0) is 295 Å². The minimum atomic E-state index is -0.900. The molecule has 0 saturated carbocycles. The zero-order valence-electron chi connectivity index (χ0n) is 79.3. The second kappa shape index (κ2) is 44.6. The second-order valence-electron chi connectivity index (χ2n) is 39.1. The Morgan fingerprint density at radius 2 is 0.711 bits per heavy atom. The summed E-state index contributed by atoms with van der Waals surface area (Å²) >= 11 is 0. The summed E-state index contributed by atoms with van der Waals surface area (Å²) in [6.45, 7) is 23.9. The first-order chi connectivity index (χ1) is 65.7. The number of benzene rings is 4. The summed E-state index contributed by atoms with van der Waals surface area (Å²) in [7, 11) is 0. The van der Waals surface area contributed by atoms with Crippen LogP contribution in [-0.4, -0.2) is 219 Å². The number of fused-ring (bicyclic) bond motifs is 15. The molecule has 694 valence electrons. The minimum absolute atomic E-state index is 0.284. The Balaban J connectivity index is 0.000000117. The SMILES string of the molecule is CCCCc1ccc(C#CC2(O)CN3CCC2CC3)c(Cc2ccccc2)n1.Cc1ccc(C#CC2(O)CN3CCC2CC3)c(/C=C/c2ccccc2)n1.Cc1ccc(C#CC2(O)CN3CCC2CC3)c(CCc2ccccc2)n1.Cc1ccc(C#CC2(O)CN3CCC2CC3)c(Cc2ccncc2)n1.OC1(C#Cc2ccc(C3=CCOCC3)nc2Cc2ccccc2)CN2CCC1CC2. The highest BCUT2D eigenvalue weighted by Gasteiger charge is 2.49. The van der Waals surface area contributed by atoms with Crippen molar-refractivity contribution in [1.82, 2.24) is 54.4 Å². The molecule has 26 rings (SSSR count). The number of hydrogen-bond acceptors (Lipinski definition) is 17. The van der Waals surface area contributed by atoms with E-state index in [1.165, 1.54) is 28.7 Å². The van der Waals surface area contributed by atoms with Crippen molar-refractivity contribution >= 4 is 17.7 Å². The number of pyridine rings is 6. The average molecular weight is 1800 g/mol. The Labute approximate surface area is 800 Å². The zero-order chi connectivity index (χ0) is 93.0. The van der Waals surface area contributed by atoms with Gasteiger partial charge in [-0.2, -0.15) is 0 Å². The van der Waals surface area contributed by atoms with Gasteiger partial charge in [-0.1, -0.05) is 206 Å². The van der Waals surface area contributed by atoms with Crippen LogP contribution in [0, 0.1) is 110 Å². The van der Waals surface area contributed by atoms with Crippen LogP contribution < -0.4 is 0 Å². The molecule has 16 aliphatic rings. The fourth-order valence-electron chi connectivity index (χ4n) is 21.3. The van der Waals surface area contributed by atoms with E-state index in [1.807, 2.05) is 106 Å². The van der Waals surface area contributed by atoms with Gasteiger partial charge in [0.2, 0.25) is 0 Å². The molecule has 10 bridgehead atoms. The van der Waals surface area contributed by atoms with Crippen LogP contribution in [0.5, 0.6) is 0 Å². The summed E-state index contributed by atoms with van der Waals surface area (Å²) in [6, 6.07) is 65.9. The average Bonchev–Trinajstić information content (AvgIpc) is 0.789. The summed E-state index contributed by atoms with van der Waals surface area (Å²) in [5.41, 5.74) is 17.5. The summed E-state index contributed by atoms with van der Waals surface area (Å²) in [5, 5.41) is 55.4. The lowest BCUT2D eigenvalue weighted by atomic mass is 9.75. The summed E-state index contributed by atoms with van der Waals surface area (Å²) < 4.78 is 5.45. The van der Waals surface area contributed by atoms with Gasteiger partial charge >= 0.3 is 0 Å². The minimum Gasteiger partial charge on any atom is -0.377 e. The van der Waals surface area contributed by atoms with Crippen molar-refractivity contribution in [1.29, 1.82) is 0 Å². The standard InChI is InChI=1S/C26H28N2O2.C25H30N2O.C23H26N2O.C23H24N2O.C21H23N3O/c29-26(19-28-14-9-23(26)10-15-28)13-8-21-6-7-24(22-11-16-30-17-12-22)27-25(21)18-20-4-2-1-3-5-20;1-2-3-9-23-11-10-21(24(26-23)18-20-7-5-4-6-8-20)12-15-25(28)19-27-16-13-22(25)14-17-27;2*1-18-7-9-20(22(24-18)10-8-19-5-3-2-4-6-19)11-14-23(26)17-25-15-12-21(23)13-16-25;1-16-2-3-18(20(23-16)14-17-5-10-22-11-6-17)4-9-21(25)15-24-12-7-19(21)8-13-24/h1-7,11,23,29H,9-10,12,14-19H2;4-8,10-11,22,28H,2-3,9,13-14,16-19H2,1H3;2-7,9,21,26H,8,10,12-13,15-17H2,1H3;2-10,21,26H,12-13,15-17H2,1H3;2-3,5-6,10-11,19,25H,7-8,12-15H2,1H3/b;;;10-8+;. The van der Waals surface area contributed by atoms with Gasteiger partial charge < -0.3 is 30.3 Å². The van der Waals surface area contributed by atoms with E-state index in [4.69, 9.17) is 19.7 Å². The van der Waals surface area contributed by atoms with Crippen molar-refractivity contribution in [2.75, 3.05) is 111 Å². The van der Waals surface area contributed by atoms with Gasteiger partial charge in [-0.15, -0.1) is 0 Å². The third-order valence-corrected chi connectivity index (χ3v) is 29.4. The summed E-state index contributed by atoms with van der Waals surface area (Å²) in [4.78, 5) is 39.7. The van der Waals surface area contributed by atoms with Crippen molar-refractivity contribution in [2.24, 2.45) is 29.6 Å². The molecule has 17 heteroatoms. The molecule has 6 aromatic heterocycles. The van der Waals surface area contributed by atoms with Gasteiger partial charge in [0.25, 0.3) is 0 Å². The van der Waals surface area contributed by atoms with Gasteiger partial charge in [-0.3, -0.25) is 54.4 Å². The summed E-state index contributed by atoms with van der Waals surface area (Å²) in [6.07, 6.45) is 28.5. The monoisotopic (exact) mass is 1800 g/mol. The van der Waals surface area contributed by atoms with E-state index in [1.54, 1.807) is 12.4 Å². The van der Waals surface area contributed by atoms with Crippen LogP contribution in [0.4, 0.5) is 0 Å². The molecule has 15 fully saturated rings. The van der Waals surface area contributed by atoms with Gasteiger partial charge in [0.05, 0.1) is 52.9 Å². The molecule has 0 aliphatic carbocycles. The van der Waals surface area contributed by atoms with Crippen LogP contribution in [0.15, 0.2) is 213 Å². The largest absolute Gasteiger partial charge is 0.377 e. The van der Waals surface area contributed by atoms with E-state index < -0.39 is 28.0 Å². The smallest absolute Gasteiger partial charge is 0.141 e. The Morgan fingerprint density at radius 3 is 1.12 bits per heavy atom. The first-order valence-electron chi connectivity index (χ1n) is 49.5. The number of unbranched alkanes of at least 4 members (excludes halogenated alkanes) is 1. The normalized spacial score (nSPS) is 27.1.